The predicted octanol–water partition coefficient (Wildman–Crippen LogP) is 1.40. The molecule has 0 unspecified atom stereocenters. The van der Waals surface area contributed by atoms with Gasteiger partial charge in [-0.1, -0.05) is 6.07 Å². The van der Waals surface area contributed by atoms with Gasteiger partial charge >= 0.3 is 6.18 Å². The van der Waals surface area contributed by atoms with Crippen molar-refractivity contribution in [3.8, 4) is 0 Å². The number of halogens is 3. The van der Waals surface area contributed by atoms with Gasteiger partial charge in [0.15, 0.2) is 0 Å². The van der Waals surface area contributed by atoms with E-state index in [1.165, 1.54) is 0 Å². The summed E-state index contributed by atoms with van der Waals surface area (Å²) in [5.74, 6) is -0.642. The SMILES string of the molecule is O=C(CCc1ccccn1)N(CCO)CC(F)(F)F. The van der Waals surface area contributed by atoms with Gasteiger partial charge in [-0.05, 0) is 18.6 Å². The molecule has 0 spiro atoms. The number of pyridine rings is 1. The van der Waals surface area contributed by atoms with Crippen LogP contribution in [0.25, 0.3) is 0 Å². The van der Waals surface area contributed by atoms with Crippen molar-refractivity contribution in [3.05, 3.63) is 30.1 Å². The van der Waals surface area contributed by atoms with Crippen LogP contribution >= 0.6 is 0 Å². The Hall–Kier alpha value is -1.63. The minimum atomic E-state index is -4.46. The average molecular weight is 276 g/mol. The van der Waals surface area contributed by atoms with E-state index in [1.807, 2.05) is 0 Å². The number of alkyl halides is 3. The molecular formula is C12H15F3N2O2. The summed E-state index contributed by atoms with van der Waals surface area (Å²) in [5, 5.41) is 8.69. The Morgan fingerprint density at radius 1 is 1.37 bits per heavy atom. The van der Waals surface area contributed by atoms with Gasteiger partial charge in [-0.3, -0.25) is 9.78 Å². The number of aryl methyl sites for hydroxylation is 1. The highest BCUT2D eigenvalue weighted by Crippen LogP contribution is 2.17. The Morgan fingerprint density at radius 2 is 2.11 bits per heavy atom. The first-order chi connectivity index (χ1) is 8.92. The minimum absolute atomic E-state index is 0.0624. The van der Waals surface area contributed by atoms with Crippen molar-refractivity contribution in [3.63, 3.8) is 0 Å². The molecule has 7 heteroatoms. The van der Waals surface area contributed by atoms with Crippen molar-refractivity contribution in [2.24, 2.45) is 0 Å². The fourth-order valence-corrected chi connectivity index (χ4v) is 1.57. The van der Waals surface area contributed by atoms with Crippen molar-refractivity contribution in [2.75, 3.05) is 19.7 Å². The van der Waals surface area contributed by atoms with E-state index in [4.69, 9.17) is 5.11 Å². The molecule has 106 valence electrons. The maximum absolute atomic E-state index is 12.3. The quantitative estimate of drug-likeness (QED) is 0.854. The second-order valence-corrected chi connectivity index (χ2v) is 3.98. The third-order valence-corrected chi connectivity index (χ3v) is 2.41. The van der Waals surface area contributed by atoms with E-state index < -0.39 is 25.2 Å². The van der Waals surface area contributed by atoms with Crippen LogP contribution in [0.15, 0.2) is 24.4 Å². The Bertz CT molecular complexity index is 396. The summed E-state index contributed by atoms with van der Waals surface area (Å²) < 4.78 is 36.8. The normalized spacial score (nSPS) is 11.4. The molecule has 0 radical (unpaired) electrons. The van der Waals surface area contributed by atoms with Crippen LogP contribution in [0.1, 0.15) is 12.1 Å². The van der Waals surface area contributed by atoms with Crippen molar-refractivity contribution in [2.45, 2.75) is 19.0 Å². The topological polar surface area (TPSA) is 53.4 Å². The molecule has 0 aliphatic rings. The number of nitrogens with zero attached hydrogens (tertiary/aromatic N) is 2. The van der Waals surface area contributed by atoms with E-state index in [1.54, 1.807) is 24.4 Å². The second-order valence-electron chi connectivity index (χ2n) is 3.98. The van der Waals surface area contributed by atoms with Gasteiger partial charge < -0.3 is 10.0 Å². The molecular weight excluding hydrogens is 261 g/mol. The van der Waals surface area contributed by atoms with Crippen molar-refractivity contribution >= 4 is 5.91 Å². The smallest absolute Gasteiger partial charge is 0.395 e. The summed E-state index contributed by atoms with van der Waals surface area (Å²) in [5.41, 5.74) is 0.645. The molecule has 0 saturated carbocycles. The zero-order chi connectivity index (χ0) is 14.3. The number of rotatable bonds is 6. The standard InChI is InChI=1S/C12H15F3N2O2/c13-12(14,15)9-17(7-8-18)11(19)5-4-10-3-1-2-6-16-10/h1-3,6,18H,4-5,7-9H2. The Labute approximate surface area is 108 Å². The molecule has 4 nitrogen and oxygen atoms in total. The van der Waals surface area contributed by atoms with E-state index >= 15 is 0 Å². The van der Waals surface area contributed by atoms with Crippen molar-refractivity contribution in [1.82, 2.24) is 9.88 Å². The number of aromatic nitrogens is 1. The minimum Gasteiger partial charge on any atom is -0.395 e. The highest BCUT2D eigenvalue weighted by atomic mass is 19.4. The average Bonchev–Trinajstić information content (AvgIpc) is 2.35. The van der Waals surface area contributed by atoms with Gasteiger partial charge in [-0.15, -0.1) is 0 Å². The molecule has 0 saturated heterocycles. The summed E-state index contributed by atoms with van der Waals surface area (Å²) in [6.45, 7) is -2.15. The third kappa shape index (κ3) is 6.19. The zero-order valence-corrected chi connectivity index (χ0v) is 10.2. The number of hydrogen-bond acceptors (Lipinski definition) is 3. The Balaban J connectivity index is 2.52. The lowest BCUT2D eigenvalue weighted by molar-refractivity contribution is -0.162. The first-order valence-corrected chi connectivity index (χ1v) is 5.77. The fourth-order valence-electron chi connectivity index (χ4n) is 1.57. The molecule has 0 aromatic carbocycles. The highest BCUT2D eigenvalue weighted by molar-refractivity contribution is 5.76. The van der Waals surface area contributed by atoms with Gasteiger partial charge in [0, 0.05) is 24.9 Å². The Kier molecular flexibility index (Phi) is 5.75. The lowest BCUT2D eigenvalue weighted by Crippen LogP contribution is -2.40. The monoisotopic (exact) mass is 276 g/mol. The molecule has 0 aliphatic heterocycles. The maximum Gasteiger partial charge on any atom is 0.406 e. The molecule has 1 rings (SSSR count). The highest BCUT2D eigenvalue weighted by Gasteiger charge is 2.32. The van der Waals surface area contributed by atoms with Gasteiger partial charge in [0.2, 0.25) is 5.91 Å². The summed E-state index contributed by atoms with van der Waals surface area (Å²) in [7, 11) is 0. The van der Waals surface area contributed by atoms with Gasteiger partial charge in [-0.25, -0.2) is 0 Å². The van der Waals surface area contributed by atoms with Crippen molar-refractivity contribution in [1.29, 1.82) is 0 Å². The summed E-state index contributed by atoms with van der Waals surface area (Å²) >= 11 is 0. The van der Waals surface area contributed by atoms with Crippen LogP contribution in [-0.4, -0.2) is 46.8 Å². The molecule has 1 N–H and O–H groups in total. The molecule has 19 heavy (non-hydrogen) atoms. The molecule has 0 aliphatic carbocycles. The molecule has 1 aromatic rings. The zero-order valence-electron chi connectivity index (χ0n) is 10.2. The molecule has 0 fully saturated rings. The van der Waals surface area contributed by atoms with Gasteiger partial charge in [0.1, 0.15) is 6.54 Å². The maximum atomic E-state index is 12.3. The summed E-state index contributed by atoms with van der Waals surface area (Å²) in [6.07, 6.45) is -2.69. The fraction of sp³-hybridized carbons (Fsp3) is 0.500. The number of hydrogen-bond donors (Lipinski definition) is 1. The lowest BCUT2D eigenvalue weighted by atomic mass is 10.2. The van der Waals surface area contributed by atoms with Crippen LogP contribution in [0.4, 0.5) is 13.2 Å². The van der Waals surface area contributed by atoms with Crippen LogP contribution < -0.4 is 0 Å². The number of carbonyl (C=O) groups excluding carboxylic acids is 1. The first-order valence-electron chi connectivity index (χ1n) is 5.77. The molecule has 1 aromatic heterocycles. The van der Waals surface area contributed by atoms with E-state index in [-0.39, 0.29) is 19.4 Å². The second kappa shape index (κ2) is 7.08. The Morgan fingerprint density at radius 3 is 2.63 bits per heavy atom. The molecule has 1 heterocycles. The molecule has 1 amide bonds. The van der Waals surface area contributed by atoms with Gasteiger partial charge in [0.05, 0.1) is 6.61 Å². The number of aliphatic hydroxyl groups is 1. The number of aliphatic hydroxyl groups excluding tert-OH is 1. The van der Waals surface area contributed by atoms with Gasteiger partial charge in [0.25, 0.3) is 0 Å². The third-order valence-electron chi connectivity index (χ3n) is 2.41. The van der Waals surface area contributed by atoms with E-state index in [0.29, 0.717) is 10.6 Å². The van der Waals surface area contributed by atoms with Gasteiger partial charge in [-0.2, -0.15) is 13.2 Å². The van der Waals surface area contributed by atoms with Crippen molar-refractivity contribution < 1.29 is 23.1 Å². The van der Waals surface area contributed by atoms with E-state index in [0.717, 1.165) is 0 Å². The predicted molar refractivity (Wildman–Crippen MR) is 62.3 cm³/mol. The van der Waals surface area contributed by atoms with Crippen LogP contribution in [0.5, 0.6) is 0 Å². The van der Waals surface area contributed by atoms with Crippen LogP contribution in [0.2, 0.25) is 0 Å². The molecule has 0 atom stereocenters. The van der Waals surface area contributed by atoms with E-state index in [2.05, 4.69) is 4.98 Å². The largest absolute Gasteiger partial charge is 0.406 e. The van der Waals surface area contributed by atoms with Crippen LogP contribution in [0.3, 0.4) is 0 Å². The lowest BCUT2D eigenvalue weighted by Gasteiger charge is -2.23. The summed E-state index contributed by atoms with van der Waals surface area (Å²) in [4.78, 5) is 16.3. The number of amides is 1. The molecule has 0 bridgehead atoms. The van der Waals surface area contributed by atoms with Crippen LogP contribution in [0, 0.1) is 0 Å². The first kappa shape index (κ1) is 15.4. The van der Waals surface area contributed by atoms with Crippen LogP contribution in [-0.2, 0) is 11.2 Å². The number of carbonyl (C=O) groups is 1. The summed E-state index contributed by atoms with van der Waals surface area (Å²) in [6, 6.07) is 5.16. The van der Waals surface area contributed by atoms with E-state index in [9.17, 15) is 18.0 Å².